The van der Waals surface area contributed by atoms with Gasteiger partial charge in [-0.1, -0.05) is 177 Å². The molecule has 0 saturated carbocycles. The van der Waals surface area contributed by atoms with Crippen LogP contribution in [0.2, 0.25) is 0 Å². The topological polar surface area (TPSA) is 269 Å². The number of alkyl carbamates (subject to hydrolysis) is 2. The van der Waals surface area contributed by atoms with Crippen LogP contribution in [0.15, 0.2) is 215 Å². The second-order valence-electron chi connectivity index (χ2n) is 19.6. The summed E-state index contributed by atoms with van der Waals surface area (Å²) in [6, 6.07) is 57.4. The number of hydrogen-bond acceptors (Lipinski definition) is 12. The van der Waals surface area contributed by atoms with Crippen molar-refractivity contribution in [2.45, 2.75) is 59.0 Å². The highest BCUT2D eigenvalue weighted by molar-refractivity contribution is 8.21. The van der Waals surface area contributed by atoms with Gasteiger partial charge in [0.1, 0.15) is 30.2 Å². The summed E-state index contributed by atoms with van der Waals surface area (Å²) >= 11 is 1.15. The third kappa shape index (κ3) is 13.5. The van der Waals surface area contributed by atoms with Crippen molar-refractivity contribution in [2.24, 2.45) is 0 Å². The number of aromatic amines is 2. The molecule has 2 amide bonds. The number of aromatic nitrogens is 2. The van der Waals surface area contributed by atoms with Crippen LogP contribution in [-0.4, -0.2) is 79.5 Å². The number of benzene rings is 8. The fraction of sp³-hybridized carbons (Fsp3) is 0.138. The molecule has 6 N–H and O–H groups in total. The number of para-hydroxylation sites is 4. The van der Waals surface area contributed by atoms with Gasteiger partial charge < -0.3 is 40.3 Å². The van der Waals surface area contributed by atoms with Crippen LogP contribution < -0.4 is 10.6 Å². The highest BCUT2D eigenvalue weighted by Crippen LogP contribution is 2.46. The number of ether oxygens (including phenoxy) is 2. The lowest BCUT2D eigenvalue weighted by atomic mass is 9.98. The van der Waals surface area contributed by atoms with E-state index in [0.29, 0.717) is 20.4 Å². The fourth-order valence-electron chi connectivity index (χ4n) is 10.6. The van der Waals surface area contributed by atoms with Crippen LogP contribution in [0, 0.1) is 20.2 Å². The molecule has 436 valence electrons. The highest BCUT2D eigenvalue weighted by Gasteiger charge is 2.33. The number of fused-ring (bicyclic) bond motifs is 8. The summed E-state index contributed by atoms with van der Waals surface area (Å²) in [5.74, 6) is -2.58. The lowest BCUT2D eigenvalue weighted by molar-refractivity contribution is -0.387. The minimum Gasteiger partial charge on any atom is -0.480 e. The van der Waals surface area contributed by atoms with Crippen molar-refractivity contribution in [1.29, 1.82) is 0 Å². The van der Waals surface area contributed by atoms with Gasteiger partial charge in [0, 0.05) is 64.8 Å². The number of rotatable bonds is 17. The maximum absolute atomic E-state index is 12.9. The Morgan fingerprint density at radius 2 is 0.930 bits per heavy atom. The molecule has 2 heterocycles. The largest absolute Gasteiger partial charge is 0.480 e. The molecule has 8 aromatic carbocycles. The van der Waals surface area contributed by atoms with Gasteiger partial charge >= 0.3 is 24.1 Å². The Hall–Kier alpha value is -9.89. The Bertz CT molecular complexity index is 4060. The molecule has 0 aliphatic heterocycles. The van der Waals surface area contributed by atoms with Crippen LogP contribution in [-0.2, 0) is 31.9 Å². The first-order chi connectivity index (χ1) is 41.3. The predicted molar refractivity (Wildman–Crippen MR) is 332 cm³/mol. The Balaban J connectivity index is 0.000000177. The van der Waals surface area contributed by atoms with Crippen molar-refractivity contribution in [2.75, 3.05) is 13.2 Å². The van der Waals surface area contributed by atoms with Crippen molar-refractivity contribution < 1.29 is 48.7 Å². The SMILES string of the molecule is C.O=C(NC(Cc1c(Sc2ccccc2[N+](=O)[O-])[nH]c2ccccc12)C(=O)O)OCC1c2ccccc2-c2ccccc21.O=C(NC(Cc1c[nH]c2ccccc12)C(=O)O)OCC1c2ccccc2-c2ccccc21.O=[N+]([O-])c1ccccc1SCl. The third-order valence-corrected chi connectivity index (χ3v) is 16.7. The average molecular weight is 1210 g/mol. The van der Waals surface area contributed by atoms with Gasteiger partial charge in [0.05, 0.1) is 19.8 Å². The Labute approximate surface area is 505 Å². The highest BCUT2D eigenvalue weighted by atomic mass is 35.7. The number of carbonyl (C=O) groups is 4. The van der Waals surface area contributed by atoms with E-state index in [1.807, 2.05) is 133 Å². The molecule has 86 heavy (non-hydrogen) atoms. The maximum atomic E-state index is 12.9. The molecule has 0 fully saturated rings. The second-order valence-corrected chi connectivity index (χ2v) is 21.7. The van der Waals surface area contributed by atoms with Gasteiger partial charge in [-0.2, -0.15) is 0 Å². The number of aliphatic carboxylic acids is 2. The van der Waals surface area contributed by atoms with Crippen molar-refractivity contribution in [3.05, 3.63) is 254 Å². The summed E-state index contributed by atoms with van der Waals surface area (Å²) < 4.78 is 11.1. The molecule has 12 rings (SSSR count). The first kappa shape index (κ1) is 60.7. The normalized spacial score (nSPS) is 12.5. The summed E-state index contributed by atoms with van der Waals surface area (Å²) in [6.07, 6.45) is 0.298. The second kappa shape index (κ2) is 27.7. The van der Waals surface area contributed by atoms with E-state index < -0.39 is 46.1 Å². The summed E-state index contributed by atoms with van der Waals surface area (Å²) in [5.41, 5.74) is 11.9. The summed E-state index contributed by atoms with van der Waals surface area (Å²) in [4.78, 5) is 77.9. The molecule has 2 unspecified atom stereocenters. The van der Waals surface area contributed by atoms with Crippen molar-refractivity contribution in [3.8, 4) is 22.3 Å². The van der Waals surface area contributed by atoms with Crippen molar-refractivity contribution in [1.82, 2.24) is 20.6 Å². The molecule has 10 aromatic rings. The standard InChI is InChI=1S/C32H25N3O6S.C26H22N2O4.C6H4ClNO2S.CH4/c36-31(37)27(34-32(38)41-18-25-21-11-3-1-9-19(21)20-10-2-4-12-22(20)25)17-24-23-13-5-6-14-26(23)33-30(24)42-29-16-8-7-15-28(29)35(39)40;29-25(30)24(13-16-14-27-23-12-6-5-7-17(16)23)28-26(31)32-15-22-20-10-3-1-8-18(20)19-9-2-4-11-21(19)22;7-11-6-4-2-1-3-5(6)8(9)10;/h1-16,25,27,33H,17-18H2,(H,34,38)(H,36,37);1-12,14,22,24,27H,13,15H2,(H,28,31)(H,29,30);1-4H;1H4. The molecule has 0 radical (unpaired) electrons. The first-order valence-electron chi connectivity index (χ1n) is 26.5. The lowest BCUT2D eigenvalue weighted by Gasteiger charge is -2.18. The molecule has 2 aromatic heterocycles. The Morgan fingerprint density at radius 1 is 0.535 bits per heavy atom. The van der Waals surface area contributed by atoms with Crippen LogP contribution in [0.25, 0.3) is 44.1 Å². The van der Waals surface area contributed by atoms with E-state index in [1.54, 1.807) is 42.6 Å². The minimum atomic E-state index is -1.30. The van der Waals surface area contributed by atoms with Gasteiger partial charge in [0.2, 0.25) is 0 Å². The number of hydrogen-bond donors (Lipinski definition) is 6. The Morgan fingerprint density at radius 3 is 1.40 bits per heavy atom. The number of halogens is 1. The van der Waals surface area contributed by atoms with E-state index in [0.717, 1.165) is 94.6 Å². The summed E-state index contributed by atoms with van der Waals surface area (Å²) in [7, 11) is 6.24. The minimum absolute atomic E-state index is 0. The number of carbonyl (C=O) groups excluding carboxylic acids is 2. The smallest absolute Gasteiger partial charge is 0.407 e. The van der Waals surface area contributed by atoms with E-state index in [1.165, 1.54) is 12.1 Å². The van der Waals surface area contributed by atoms with Crippen LogP contribution in [0.1, 0.15) is 52.6 Å². The van der Waals surface area contributed by atoms with Crippen LogP contribution in [0.5, 0.6) is 0 Å². The molecular formula is C65H55ClN6O12S2. The third-order valence-electron chi connectivity index (χ3n) is 14.6. The first-order valence-corrected chi connectivity index (χ1v) is 29.0. The van der Waals surface area contributed by atoms with E-state index in [9.17, 15) is 49.6 Å². The number of nitrogens with one attached hydrogen (secondary N) is 4. The number of carboxylic acid groups (broad SMARTS) is 2. The molecule has 2 aliphatic carbocycles. The molecule has 0 bridgehead atoms. The maximum Gasteiger partial charge on any atom is 0.407 e. The van der Waals surface area contributed by atoms with E-state index in [4.69, 9.17) is 20.2 Å². The van der Waals surface area contributed by atoms with Crippen LogP contribution in [0.4, 0.5) is 21.0 Å². The van der Waals surface area contributed by atoms with Crippen molar-refractivity contribution >= 4 is 90.7 Å². The van der Waals surface area contributed by atoms with E-state index in [2.05, 4.69) is 32.7 Å². The number of nitro benzene ring substituents is 2. The Kier molecular flexibility index (Phi) is 19.5. The predicted octanol–water partition coefficient (Wildman–Crippen LogP) is 14.9. The number of nitro groups is 2. The van der Waals surface area contributed by atoms with Gasteiger partial charge in [-0.25, -0.2) is 19.2 Å². The van der Waals surface area contributed by atoms with Gasteiger partial charge in [-0.05, 0) is 102 Å². The van der Waals surface area contributed by atoms with E-state index in [-0.39, 0.29) is 56.7 Å². The molecular weight excluding hydrogens is 1160 g/mol. The van der Waals surface area contributed by atoms with Gasteiger partial charge in [-0.15, -0.1) is 0 Å². The zero-order chi connectivity index (χ0) is 59.6. The van der Waals surface area contributed by atoms with Gasteiger partial charge in [-0.3, -0.25) is 20.2 Å². The molecule has 18 nitrogen and oxygen atoms in total. The van der Waals surface area contributed by atoms with E-state index >= 15 is 0 Å². The fourth-order valence-corrected chi connectivity index (χ4v) is 12.5. The van der Waals surface area contributed by atoms with Crippen molar-refractivity contribution in [3.63, 3.8) is 0 Å². The number of nitrogens with zero attached hydrogens (tertiary/aromatic N) is 2. The van der Waals surface area contributed by atoms with Gasteiger partial charge in [0.25, 0.3) is 11.4 Å². The molecule has 0 spiro atoms. The average Bonchev–Trinajstić information content (AvgIpc) is 1.86. The van der Waals surface area contributed by atoms with Crippen LogP contribution >= 0.6 is 33.4 Å². The number of amides is 2. The lowest BCUT2D eigenvalue weighted by Crippen LogP contribution is -2.43. The molecule has 0 saturated heterocycles. The zero-order valence-electron chi connectivity index (χ0n) is 44.8. The zero-order valence-corrected chi connectivity index (χ0v) is 47.1. The molecule has 21 heteroatoms. The monoisotopic (exact) mass is 1210 g/mol. The number of carboxylic acids is 2. The van der Waals surface area contributed by atoms with Gasteiger partial charge in [0.15, 0.2) is 0 Å². The molecule has 2 atom stereocenters. The quantitative estimate of drug-likeness (QED) is 0.0366. The summed E-state index contributed by atoms with van der Waals surface area (Å²) in [5, 5.41) is 48.9. The number of H-pyrrole nitrogens is 2. The van der Waals surface area contributed by atoms with Crippen LogP contribution in [0.3, 0.4) is 0 Å². The summed E-state index contributed by atoms with van der Waals surface area (Å²) in [6.45, 7) is 0.192. The molecule has 2 aliphatic rings.